The number of hydrogen-bond acceptors (Lipinski definition) is 5. The molecule has 188 valence electrons. The van der Waals surface area contributed by atoms with E-state index in [1.807, 2.05) is 31.2 Å². The summed E-state index contributed by atoms with van der Waals surface area (Å²) in [5.41, 5.74) is -0.431. The largest absolute Gasteiger partial charge is 0.497 e. The summed E-state index contributed by atoms with van der Waals surface area (Å²) in [6, 6.07) is 26.4. The third-order valence-corrected chi connectivity index (χ3v) is 11.7. The van der Waals surface area contributed by atoms with Crippen LogP contribution in [0, 0.1) is 0 Å². The molecule has 5 nitrogen and oxygen atoms in total. The first-order valence-corrected chi connectivity index (χ1v) is 14.1. The Morgan fingerprint density at radius 2 is 1.44 bits per heavy atom. The zero-order valence-electron chi connectivity index (χ0n) is 21.8. The molecule has 4 aromatic rings. The third kappa shape index (κ3) is 4.71. The van der Waals surface area contributed by atoms with E-state index in [1.165, 1.54) is 17.5 Å². The van der Waals surface area contributed by atoms with Gasteiger partial charge in [0.05, 0.1) is 14.2 Å². The average Bonchev–Trinajstić information content (AvgIpc) is 2.88. The van der Waals surface area contributed by atoms with Gasteiger partial charge >= 0.3 is 5.63 Å². The molecule has 0 bridgehead atoms. The summed E-state index contributed by atoms with van der Waals surface area (Å²) in [6.07, 6.45) is 0. The van der Waals surface area contributed by atoms with E-state index in [2.05, 4.69) is 69.3 Å². The van der Waals surface area contributed by atoms with Gasteiger partial charge in [0.15, 0.2) is 0 Å². The summed E-state index contributed by atoms with van der Waals surface area (Å²) in [5.74, 6) is 1.47. The van der Waals surface area contributed by atoms with E-state index in [0.29, 0.717) is 29.3 Å². The monoisotopic (exact) mass is 502 g/mol. The molecule has 4 rings (SSSR count). The van der Waals surface area contributed by atoms with E-state index in [9.17, 15) is 4.79 Å². The van der Waals surface area contributed by atoms with Crippen molar-refractivity contribution in [2.24, 2.45) is 0 Å². The van der Waals surface area contributed by atoms with Crippen molar-refractivity contribution in [2.45, 2.75) is 38.7 Å². The number of rotatable bonds is 8. The van der Waals surface area contributed by atoms with Crippen LogP contribution in [-0.4, -0.2) is 29.1 Å². The minimum absolute atomic E-state index is 0.139. The summed E-state index contributed by atoms with van der Waals surface area (Å²) < 4.78 is 23.7. The van der Waals surface area contributed by atoms with Gasteiger partial charge in [-0.25, -0.2) is 4.79 Å². The molecule has 0 spiro atoms. The summed E-state index contributed by atoms with van der Waals surface area (Å²) >= 11 is 0. The van der Waals surface area contributed by atoms with Gasteiger partial charge in [0.1, 0.15) is 22.6 Å². The zero-order chi connectivity index (χ0) is 25.9. The second-order valence-corrected chi connectivity index (χ2v) is 14.4. The molecule has 1 atom stereocenters. The molecule has 0 N–H and O–H groups in total. The quantitative estimate of drug-likeness (QED) is 0.298. The SMILES string of the molecule is COc1cc(OC)c2c(=O)oc(C(C)CO[Si](c3ccccc3)(c3ccccc3)C(C)(C)C)cc2c1. The van der Waals surface area contributed by atoms with Crippen LogP contribution >= 0.6 is 0 Å². The smallest absolute Gasteiger partial charge is 0.347 e. The topological polar surface area (TPSA) is 57.9 Å². The standard InChI is InChI=1S/C30H34O5Si/c1-21(26-18-22-17-23(32-5)19-27(33-6)28(22)29(31)35-26)20-34-36(30(2,3)4,24-13-9-7-10-14-24)25-15-11-8-12-16-25/h7-19,21H,20H2,1-6H3. The number of ether oxygens (including phenoxy) is 2. The molecule has 3 aromatic carbocycles. The van der Waals surface area contributed by atoms with Crippen molar-refractivity contribution < 1.29 is 18.3 Å². The maximum absolute atomic E-state index is 13.0. The summed E-state index contributed by atoms with van der Waals surface area (Å²) in [7, 11) is 0.419. The minimum Gasteiger partial charge on any atom is -0.497 e. The summed E-state index contributed by atoms with van der Waals surface area (Å²) in [6.45, 7) is 9.18. The van der Waals surface area contributed by atoms with E-state index >= 15 is 0 Å². The fourth-order valence-corrected chi connectivity index (χ4v) is 9.55. The maximum atomic E-state index is 13.0. The highest BCUT2D eigenvalue weighted by molar-refractivity contribution is 6.99. The van der Waals surface area contributed by atoms with Crippen molar-refractivity contribution in [3.63, 3.8) is 0 Å². The fourth-order valence-electron chi connectivity index (χ4n) is 4.90. The normalized spacial score (nSPS) is 12.9. The van der Waals surface area contributed by atoms with Crippen molar-refractivity contribution in [1.29, 1.82) is 0 Å². The lowest BCUT2D eigenvalue weighted by Gasteiger charge is -2.43. The van der Waals surface area contributed by atoms with Crippen LogP contribution in [-0.2, 0) is 4.43 Å². The number of fused-ring (bicyclic) bond motifs is 1. The fraction of sp³-hybridized carbons (Fsp3) is 0.300. The van der Waals surface area contributed by atoms with Crippen LogP contribution in [0.3, 0.4) is 0 Å². The second-order valence-electron chi connectivity index (χ2n) is 10.1. The van der Waals surface area contributed by atoms with E-state index < -0.39 is 13.9 Å². The number of methoxy groups -OCH3 is 2. The molecular formula is C30H34O5Si. The molecule has 0 saturated heterocycles. The van der Waals surface area contributed by atoms with Gasteiger partial charge in [-0.2, -0.15) is 0 Å². The van der Waals surface area contributed by atoms with Gasteiger partial charge in [-0.05, 0) is 32.9 Å². The predicted octanol–water partition coefficient (Wildman–Crippen LogP) is 5.49. The van der Waals surface area contributed by atoms with Gasteiger partial charge in [0.25, 0.3) is 8.32 Å². The molecule has 0 aliphatic carbocycles. The van der Waals surface area contributed by atoms with Crippen LogP contribution in [0.15, 0.2) is 88.1 Å². The Morgan fingerprint density at radius 1 is 0.861 bits per heavy atom. The van der Waals surface area contributed by atoms with Crippen LogP contribution in [0.25, 0.3) is 10.8 Å². The molecule has 6 heteroatoms. The maximum Gasteiger partial charge on any atom is 0.347 e. The second kappa shape index (κ2) is 10.3. The van der Waals surface area contributed by atoms with Crippen molar-refractivity contribution in [3.05, 3.63) is 95.0 Å². The van der Waals surface area contributed by atoms with Gasteiger partial charge < -0.3 is 18.3 Å². The van der Waals surface area contributed by atoms with Gasteiger partial charge in [-0.3, -0.25) is 0 Å². The van der Waals surface area contributed by atoms with Crippen molar-refractivity contribution >= 4 is 29.5 Å². The van der Waals surface area contributed by atoms with Gasteiger partial charge in [-0.1, -0.05) is 88.4 Å². The van der Waals surface area contributed by atoms with Crippen LogP contribution < -0.4 is 25.5 Å². The lowest BCUT2D eigenvalue weighted by atomic mass is 10.1. The van der Waals surface area contributed by atoms with Crippen molar-refractivity contribution in [2.75, 3.05) is 20.8 Å². The molecule has 1 aromatic heterocycles. The van der Waals surface area contributed by atoms with E-state index in [-0.39, 0.29) is 11.0 Å². The van der Waals surface area contributed by atoms with Crippen LogP contribution in [0.5, 0.6) is 11.5 Å². The first-order chi connectivity index (χ1) is 17.2. The number of hydrogen-bond donors (Lipinski definition) is 0. The van der Waals surface area contributed by atoms with E-state index in [4.69, 9.17) is 18.3 Å². The molecule has 0 aliphatic heterocycles. The highest BCUT2D eigenvalue weighted by Gasteiger charge is 2.50. The molecule has 0 aliphatic rings. The Hall–Kier alpha value is -3.35. The molecule has 0 amide bonds. The molecule has 0 saturated carbocycles. The molecule has 0 radical (unpaired) electrons. The molecule has 0 fully saturated rings. The van der Waals surface area contributed by atoms with Crippen molar-refractivity contribution in [1.82, 2.24) is 0 Å². The lowest BCUT2D eigenvalue weighted by Crippen LogP contribution is -2.66. The molecule has 1 heterocycles. The zero-order valence-corrected chi connectivity index (χ0v) is 22.8. The van der Waals surface area contributed by atoms with Gasteiger partial charge in [-0.15, -0.1) is 0 Å². The predicted molar refractivity (Wildman–Crippen MR) is 148 cm³/mol. The Kier molecular flexibility index (Phi) is 7.38. The Balaban J connectivity index is 1.76. The minimum atomic E-state index is -2.70. The first kappa shape index (κ1) is 25.7. The molecule has 1 unspecified atom stereocenters. The molecular weight excluding hydrogens is 468 g/mol. The van der Waals surface area contributed by atoms with Gasteiger partial charge in [0.2, 0.25) is 0 Å². The Morgan fingerprint density at radius 3 is 1.94 bits per heavy atom. The summed E-state index contributed by atoms with van der Waals surface area (Å²) in [5, 5.41) is 3.41. The Labute approximate surface area is 213 Å². The van der Waals surface area contributed by atoms with Crippen LogP contribution in [0.1, 0.15) is 39.4 Å². The van der Waals surface area contributed by atoms with Crippen LogP contribution in [0.4, 0.5) is 0 Å². The van der Waals surface area contributed by atoms with Crippen LogP contribution in [0.2, 0.25) is 5.04 Å². The average molecular weight is 503 g/mol. The first-order valence-electron chi connectivity index (χ1n) is 12.2. The number of benzene rings is 3. The lowest BCUT2D eigenvalue weighted by molar-refractivity contribution is 0.260. The highest BCUT2D eigenvalue weighted by atomic mass is 28.4. The van der Waals surface area contributed by atoms with E-state index in [1.54, 1.807) is 13.2 Å². The highest BCUT2D eigenvalue weighted by Crippen LogP contribution is 2.38. The summed E-state index contributed by atoms with van der Waals surface area (Å²) in [4.78, 5) is 13.0. The van der Waals surface area contributed by atoms with Gasteiger partial charge in [0, 0.05) is 18.6 Å². The van der Waals surface area contributed by atoms with E-state index in [0.717, 1.165) is 5.39 Å². The molecule has 36 heavy (non-hydrogen) atoms. The third-order valence-electron chi connectivity index (χ3n) is 6.73. The van der Waals surface area contributed by atoms with Crippen molar-refractivity contribution in [3.8, 4) is 11.5 Å². The Bertz CT molecular complexity index is 1330.